The number of halogens is 1. The molecule has 0 radical (unpaired) electrons. The van der Waals surface area contributed by atoms with E-state index in [9.17, 15) is 4.79 Å². The van der Waals surface area contributed by atoms with Gasteiger partial charge >= 0.3 is 0 Å². The van der Waals surface area contributed by atoms with Gasteiger partial charge in [0, 0.05) is 26.1 Å². The van der Waals surface area contributed by atoms with Crippen LogP contribution in [0, 0.1) is 5.92 Å². The van der Waals surface area contributed by atoms with Crippen molar-refractivity contribution in [2.75, 3.05) is 33.3 Å². The van der Waals surface area contributed by atoms with Crippen LogP contribution in [0.25, 0.3) is 0 Å². The summed E-state index contributed by atoms with van der Waals surface area (Å²) >= 11 is 5.70. The number of ether oxygens (including phenoxy) is 1. The maximum Gasteiger partial charge on any atom is 0.233 e. The van der Waals surface area contributed by atoms with Crippen LogP contribution in [0.1, 0.15) is 0 Å². The maximum absolute atomic E-state index is 11.1. The van der Waals surface area contributed by atoms with Crippen LogP contribution in [0.15, 0.2) is 12.4 Å². The van der Waals surface area contributed by atoms with Crippen molar-refractivity contribution < 1.29 is 9.53 Å². The fraction of sp³-hybridized carbons (Fsp3) is 0.545. The van der Waals surface area contributed by atoms with Crippen LogP contribution in [-0.4, -0.2) is 54.1 Å². The molecule has 98 valence electrons. The van der Waals surface area contributed by atoms with Gasteiger partial charge in [0.15, 0.2) is 5.15 Å². The first-order chi connectivity index (χ1) is 8.67. The highest BCUT2D eigenvalue weighted by Crippen LogP contribution is 2.17. The average Bonchev–Trinajstić information content (AvgIpc) is 2.31. The van der Waals surface area contributed by atoms with Crippen molar-refractivity contribution in [3.05, 3.63) is 17.5 Å². The third-order valence-electron chi connectivity index (χ3n) is 2.73. The summed E-state index contributed by atoms with van der Waals surface area (Å²) in [7, 11) is 1.64. The van der Waals surface area contributed by atoms with E-state index in [2.05, 4.69) is 20.2 Å². The molecule has 1 aliphatic heterocycles. The van der Waals surface area contributed by atoms with E-state index in [1.165, 1.54) is 12.4 Å². The van der Waals surface area contributed by atoms with Crippen LogP contribution >= 0.6 is 11.6 Å². The van der Waals surface area contributed by atoms with Crippen molar-refractivity contribution in [2.45, 2.75) is 0 Å². The second-order valence-corrected chi connectivity index (χ2v) is 4.61. The third-order valence-corrected chi connectivity index (χ3v) is 2.91. The average molecular weight is 271 g/mol. The minimum atomic E-state index is 0.0371. The minimum Gasteiger partial charge on any atom is -0.476 e. The molecule has 0 atom stereocenters. The molecule has 2 heterocycles. The molecule has 1 aromatic heterocycles. The zero-order valence-corrected chi connectivity index (χ0v) is 10.9. The standard InChI is InChI=1S/C11H15ClN4O2/c1-13-10(17)6-16-4-8(5-16)7-18-11-3-14-2-9(12)15-11/h2-3,8H,4-7H2,1H3,(H,13,17). The third kappa shape index (κ3) is 3.54. The number of carbonyl (C=O) groups excluding carboxylic acids is 1. The molecule has 1 aromatic rings. The second-order valence-electron chi connectivity index (χ2n) is 4.22. The normalized spacial score (nSPS) is 16.1. The van der Waals surface area contributed by atoms with E-state index in [1.54, 1.807) is 7.05 Å². The van der Waals surface area contributed by atoms with E-state index in [4.69, 9.17) is 16.3 Å². The van der Waals surface area contributed by atoms with Crippen molar-refractivity contribution in [3.63, 3.8) is 0 Å². The molecule has 0 unspecified atom stereocenters. The van der Waals surface area contributed by atoms with E-state index in [-0.39, 0.29) is 5.91 Å². The predicted octanol–water partition coefficient (Wildman–Crippen LogP) is 0.187. The number of aromatic nitrogens is 2. The van der Waals surface area contributed by atoms with E-state index in [0.717, 1.165) is 13.1 Å². The van der Waals surface area contributed by atoms with Crippen molar-refractivity contribution in [3.8, 4) is 5.88 Å². The predicted molar refractivity (Wildman–Crippen MR) is 66.5 cm³/mol. The zero-order chi connectivity index (χ0) is 13.0. The highest BCUT2D eigenvalue weighted by molar-refractivity contribution is 6.29. The van der Waals surface area contributed by atoms with Gasteiger partial charge in [-0.3, -0.25) is 14.7 Å². The summed E-state index contributed by atoms with van der Waals surface area (Å²) in [6.45, 7) is 2.74. The topological polar surface area (TPSA) is 67.4 Å². The van der Waals surface area contributed by atoms with Gasteiger partial charge in [-0.15, -0.1) is 0 Å². The second kappa shape index (κ2) is 5.97. The molecule has 0 aliphatic carbocycles. The van der Waals surface area contributed by atoms with Gasteiger partial charge in [-0.2, -0.15) is 4.98 Å². The molecule has 0 spiro atoms. The van der Waals surface area contributed by atoms with Gasteiger partial charge < -0.3 is 10.1 Å². The van der Waals surface area contributed by atoms with Gasteiger partial charge in [0.2, 0.25) is 11.8 Å². The molecule has 7 heteroatoms. The molecule has 1 aliphatic rings. The Kier molecular flexibility index (Phi) is 4.33. The molecular formula is C11H15ClN4O2. The van der Waals surface area contributed by atoms with Gasteiger partial charge in [-0.05, 0) is 0 Å². The summed E-state index contributed by atoms with van der Waals surface area (Å²) < 4.78 is 5.49. The van der Waals surface area contributed by atoms with Gasteiger partial charge in [0.05, 0.1) is 25.5 Å². The zero-order valence-electron chi connectivity index (χ0n) is 10.1. The quantitative estimate of drug-likeness (QED) is 0.827. The number of hydrogen-bond acceptors (Lipinski definition) is 5. The van der Waals surface area contributed by atoms with E-state index >= 15 is 0 Å². The number of nitrogens with one attached hydrogen (secondary N) is 1. The van der Waals surface area contributed by atoms with Crippen molar-refractivity contribution in [1.82, 2.24) is 20.2 Å². The number of nitrogens with zero attached hydrogens (tertiary/aromatic N) is 3. The molecule has 2 rings (SSSR count). The molecule has 0 saturated carbocycles. The Morgan fingerprint density at radius 3 is 3.06 bits per heavy atom. The summed E-state index contributed by atoms with van der Waals surface area (Å²) in [6, 6.07) is 0. The fourth-order valence-corrected chi connectivity index (χ4v) is 1.93. The summed E-state index contributed by atoms with van der Waals surface area (Å²) in [5.41, 5.74) is 0. The Balaban J connectivity index is 1.67. The van der Waals surface area contributed by atoms with Crippen LogP contribution < -0.4 is 10.1 Å². The van der Waals surface area contributed by atoms with Gasteiger partial charge in [0.1, 0.15) is 0 Å². The highest BCUT2D eigenvalue weighted by Gasteiger charge is 2.28. The van der Waals surface area contributed by atoms with Crippen LogP contribution in [0.5, 0.6) is 5.88 Å². The van der Waals surface area contributed by atoms with Crippen molar-refractivity contribution >= 4 is 17.5 Å². The molecule has 0 bridgehead atoms. The lowest BCUT2D eigenvalue weighted by Gasteiger charge is -2.38. The smallest absolute Gasteiger partial charge is 0.233 e. The van der Waals surface area contributed by atoms with Gasteiger partial charge in [-0.1, -0.05) is 11.6 Å². The SMILES string of the molecule is CNC(=O)CN1CC(COc2cncc(Cl)n2)C1. The van der Waals surface area contributed by atoms with Crippen molar-refractivity contribution in [2.24, 2.45) is 5.92 Å². The van der Waals surface area contributed by atoms with Crippen molar-refractivity contribution in [1.29, 1.82) is 0 Å². The summed E-state index contributed by atoms with van der Waals surface area (Å²) in [5, 5.41) is 2.92. The number of likely N-dealkylation sites (tertiary alicyclic amines) is 1. The lowest BCUT2D eigenvalue weighted by atomic mass is 10.0. The minimum absolute atomic E-state index is 0.0371. The van der Waals surface area contributed by atoms with Crippen LogP contribution in [0.4, 0.5) is 0 Å². The lowest BCUT2D eigenvalue weighted by molar-refractivity contribution is -0.123. The maximum atomic E-state index is 11.1. The van der Waals surface area contributed by atoms with Crippen LogP contribution in [0.3, 0.4) is 0 Å². The first-order valence-corrected chi connectivity index (χ1v) is 6.08. The number of carbonyl (C=O) groups is 1. The molecule has 18 heavy (non-hydrogen) atoms. The molecule has 1 fully saturated rings. The Labute approximate surface area is 110 Å². The monoisotopic (exact) mass is 270 g/mol. The highest BCUT2D eigenvalue weighted by atomic mass is 35.5. The number of amides is 1. The molecule has 0 aromatic carbocycles. The fourth-order valence-electron chi connectivity index (χ4n) is 1.79. The van der Waals surface area contributed by atoms with E-state index in [1.807, 2.05) is 0 Å². The molecule has 1 saturated heterocycles. The first kappa shape index (κ1) is 13.0. The number of likely N-dealkylation sites (N-methyl/N-ethyl adjacent to an activating group) is 1. The molecule has 1 N–H and O–H groups in total. The van der Waals surface area contributed by atoms with Gasteiger partial charge in [-0.25, -0.2) is 0 Å². The summed E-state index contributed by atoms with van der Waals surface area (Å²) in [4.78, 5) is 21.1. The first-order valence-electron chi connectivity index (χ1n) is 5.70. The van der Waals surface area contributed by atoms with E-state index in [0.29, 0.717) is 30.1 Å². The molecular weight excluding hydrogens is 256 g/mol. The summed E-state index contributed by atoms with van der Waals surface area (Å²) in [6.07, 6.45) is 3.00. The Hall–Kier alpha value is -1.40. The molecule has 1 amide bonds. The Morgan fingerprint density at radius 2 is 2.39 bits per heavy atom. The van der Waals surface area contributed by atoms with Crippen LogP contribution in [0.2, 0.25) is 5.15 Å². The number of rotatable bonds is 5. The molecule has 6 nitrogen and oxygen atoms in total. The Morgan fingerprint density at radius 1 is 1.61 bits per heavy atom. The lowest BCUT2D eigenvalue weighted by Crippen LogP contribution is -2.52. The summed E-state index contributed by atoms with van der Waals surface area (Å²) in [5.74, 6) is 0.901. The van der Waals surface area contributed by atoms with Crippen LogP contribution in [-0.2, 0) is 4.79 Å². The van der Waals surface area contributed by atoms with Gasteiger partial charge in [0.25, 0.3) is 0 Å². The number of hydrogen-bond donors (Lipinski definition) is 1. The largest absolute Gasteiger partial charge is 0.476 e. The van der Waals surface area contributed by atoms with E-state index < -0.39 is 0 Å². The Bertz CT molecular complexity index is 423.